The lowest BCUT2D eigenvalue weighted by molar-refractivity contribution is 0.0595. The number of ether oxygens (including phenoxy) is 2. The van der Waals surface area contributed by atoms with Crippen LogP contribution in [0.1, 0.15) is 102 Å². The van der Waals surface area contributed by atoms with Crippen molar-refractivity contribution < 1.29 is 18.7 Å². The number of benzene rings is 1. The van der Waals surface area contributed by atoms with Crippen LogP contribution in [0.25, 0.3) is 22.3 Å². The molecule has 49 heavy (non-hydrogen) atoms. The molecule has 1 fully saturated rings. The Hall–Kier alpha value is -4.30. The van der Waals surface area contributed by atoms with Gasteiger partial charge in [-0.15, -0.1) is 0 Å². The van der Waals surface area contributed by atoms with Gasteiger partial charge in [-0.2, -0.15) is 10.4 Å². The monoisotopic (exact) mass is 671 g/mol. The molecule has 1 aromatic carbocycles. The minimum absolute atomic E-state index is 0.114. The number of carbonyl (C=O) groups is 1. The number of methoxy groups -OCH3 is 1. The number of rotatable bonds is 18. The number of nitriles is 1. The largest absolute Gasteiger partial charge is 0.465 e. The number of halogens is 1. The summed E-state index contributed by atoms with van der Waals surface area (Å²) in [6, 6.07) is 8.72. The third kappa shape index (κ3) is 9.04. The fourth-order valence-electron chi connectivity index (χ4n) is 6.61. The van der Waals surface area contributed by atoms with E-state index in [0.29, 0.717) is 30.9 Å². The summed E-state index contributed by atoms with van der Waals surface area (Å²) in [5, 5.41) is 15.2. The molecule has 0 N–H and O–H groups in total. The van der Waals surface area contributed by atoms with Crippen molar-refractivity contribution in [3.63, 3.8) is 0 Å². The van der Waals surface area contributed by atoms with Gasteiger partial charge in [0.05, 0.1) is 37.1 Å². The van der Waals surface area contributed by atoms with Gasteiger partial charge in [0.2, 0.25) is 0 Å². The number of hydrogen-bond donors (Lipinski definition) is 0. The molecule has 0 aliphatic carbocycles. The zero-order chi connectivity index (χ0) is 34.9. The second-order valence-electron chi connectivity index (χ2n) is 14.5. The molecule has 0 atom stereocenters. The Morgan fingerprint density at radius 1 is 1.02 bits per heavy atom. The van der Waals surface area contributed by atoms with E-state index in [9.17, 15) is 14.4 Å². The number of carbonyl (C=O) groups excluding carboxylic acids is 1. The van der Waals surface area contributed by atoms with E-state index in [1.807, 2.05) is 32.6 Å². The van der Waals surface area contributed by atoms with Crippen LogP contribution >= 0.6 is 0 Å². The molecule has 4 aromatic rings. The molecule has 0 spiro atoms. The van der Waals surface area contributed by atoms with E-state index in [0.717, 1.165) is 35.3 Å². The van der Waals surface area contributed by atoms with Crippen molar-refractivity contribution in [3.8, 4) is 17.3 Å². The Kier molecular flexibility index (Phi) is 12.0. The molecule has 0 unspecified atom stereocenters. The summed E-state index contributed by atoms with van der Waals surface area (Å²) in [6.07, 6.45) is 20.3. The summed E-state index contributed by atoms with van der Waals surface area (Å²) in [6.45, 7) is 9.04. The highest BCUT2D eigenvalue weighted by Gasteiger charge is 2.46. The molecule has 1 aliphatic rings. The van der Waals surface area contributed by atoms with Crippen LogP contribution in [-0.4, -0.2) is 57.1 Å². The Balaban J connectivity index is 1.10. The van der Waals surface area contributed by atoms with Crippen LogP contribution in [-0.2, 0) is 21.7 Å². The summed E-state index contributed by atoms with van der Waals surface area (Å²) < 4.78 is 29.1. The fraction of sp³-hybridized carbons (Fsp3) is 0.553. The van der Waals surface area contributed by atoms with E-state index in [-0.39, 0.29) is 12.0 Å². The van der Waals surface area contributed by atoms with Gasteiger partial charge in [0.15, 0.2) is 0 Å². The molecule has 262 valence electrons. The van der Waals surface area contributed by atoms with Crippen molar-refractivity contribution in [2.75, 3.05) is 31.7 Å². The molecular formula is C38H50FN7O3. The average Bonchev–Trinajstić information content (AvgIpc) is 3.72. The highest BCUT2D eigenvalue weighted by Crippen LogP contribution is 2.37. The smallest absolute Gasteiger partial charge is 0.340 e. The fourth-order valence-corrected chi connectivity index (χ4v) is 6.61. The number of anilines is 1. The zero-order valence-corrected chi connectivity index (χ0v) is 29.5. The van der Waals surface area contributed by atoms with Gasteiger partial charge >= 0.3 is 5.97 Å². The first-order valence-electron chi connectivity index (χ1n) is 17.6. The Morgan fingerprint density at radius 3 is 2.41 bits per heavy atom. The number of unbranched alkanes of at least 4 members (excludes halogenated alkanes) is 8. The third-order valence-corrected chi connectivity index (χ3v) is 9.45. The van der Waals surface area contributed by atoms with Crippen molar-refractivity contribution in [1.82, 2.24) is 24.3 Å². The standard InChI is InChI=1S/C38H50FN7O3/c1-37(2,3)17-12-10-8-6-5-7-9-11-13-21-49-28-44-20-16-32-34(41-27-42-35(32)44)29-23-43-46(24-29)38(18-19-40)25-45(26-38)30-14-15-31(33(39)22-30)36(47)48-4/h14-16,20,22-24,27H,5-13,17-18,21,25-26,28H2,1-4H3. The Labute approximate surface area is 289 Å². The number of aromatic nitrogens is 5. The number of hydrogen-bond acceptors (Lipinski definition) is 8. The van der Waals surface area contributed by atoms with Gasteiger partial charge in [0, 0.05) is 48.7 Å². The van der Waals surface area contributed by atoms with E-state index < -0.39 is 17.3 Å². The second kappa shape index (κ2) is 16.4. The SMILES string of the molecule is COC(=O)c1ccc(N2CC(CC#N)(n3cc(-c4ncnc5c4ccn5COCCCCCCCCCCCC(C)(C)C)cn3)C2)cc1F. The maximum absolute atomic E-state index is 14.6. The molecule has 5 rings (SSSR count). The minimum atomic E-state index is -0.721. The lowest BCUT2D eigenvalue weighted by Gasteiger charge is -2.50. The highest BCUT2D eigenvalue weighted by molar-refractivity contribution is 5.91. The van der Waals surface area contributed by atoms with Crippen LogP contribution in [0, 0.1) is 22.6 Å². The molecule has 1 aliphatic heterocycles. The minimum Gasteiger partial charge on any atom is -0.465 e. The van der Waals surface area contributed by atoms with Gasteiger partial charge in [-0.25, -0.2) is 19.2 Å². The van der Waals surface area contributed by atoms with Crippen molar-refractivity contribution >= 4 is 22.7 Å². The van der Waals surface area contributed by atoms with Crippen molar-refractivity contribution in [3.05, 3.63) is 60.6 Å². The third-order valence-electron chi connectivity index (χ3n) is 9.45. The quantitative estimate of drug-likeness (QED) is 0.0768. The van der Waals surface area contributed by atoms with Gasteiger partial charge in [-0.05, 0) is 42.5 Å². The van der Waals surface area contributed by atoms with Gasteiger partial charge < -0.3 is 18.9 Å². The van der Waals surface area contributed by atoms with Gasteiger partial charge in [-0.3, -0.25) is 4.68 Å². The number of fused-ring (bicyclic) bond motifs is 1. The molecule has 3 aromatic heterocycles. The average molecular weight is 672 g/mol. The van der Waals surface area contributed by atoms with Crippen LogP contribution in [0.4, 0.5) is 10.1 Å². The molecule has 11 heteroatoms. The zero-order valence-electron chi connectivity index (χ0n) is 29.5. The predicted octanol–water partition coefficient (Wildman–Crippen LogP) is 8.27. The molecular weight excluding hydrogens is 621 g/mol. The first-order chi connectivity index (χ1) is 23.6. The maximum atomic E-state index is 14.6. The van der Waals surface area contributed by atoms with E-state index in [2.05, 4.69) is 46.6 Å². The van der Waals surface area contributed by atoms with Crippen LogP contribution in [0.2, 0.25) is 0 Å². The topological polar surface area (TPSA) is 111 Å². The number of nitrogens with zero attached hydrogens (tertiary/aromatic N) is 7. The first kappa shape index (κ1) is 36.0. The molecule has 0 bridgehead atoms. The van der Waals surface area contributed by atoms with E-state index in [1.165, 1.54) is 77.0 Å². The molecule has 1 saturated heterocycles. The van der Waals surface area contributed by atoms with Gasteiger partial charge in [-0.1, -0.05) is 72.1 Å². The lowest BCUT2D eigenvalue weighted by Crippen LogP contribution is -2.63. The Morgan fingerprint density at radius 2 is 1.73 bits per heavy atom. The normalized spacial score (nSPS) is 14.2. The van der Waals surface area contributed by atoms with Crippen LogP contribution in [0.15, 0.2) is 49.2 Å². The highest BCUT2D eigenvalue weighted by atomic mass is 19.1. The van der Waals surface area contributed by atoms with E-state index in [1.54, 1.807) is 18.6 Å². The molecule has 10 nitrogen and oxygen atoms in total. The Bertz CT molecular complexity index is 1730. The maximum Gasteiger partial charge on any atom is 0.340 e. The summed E-state index contributed by atoms with van der Waals surface area (Å²) >= 11 is 0. The second-order valence-corrected chi connectivity index (χ2v) is 14.5. The van der Waals surface area contributed by atoms with Crippen molar-refractivity contribution in [2.24, 2.45) is 5.41 Å². The van der Waals surface area contributed by atoms with Crippen LogP contribution < -0.4 is 4.90 Å². The first-order valence-corrected chi connectivity index (χ1v) is 17.6. The van der Waals surface area contributed by atoms with Crippen molar-refractivity contribution in [1.29, 1.82) is 5.26 Å². The summed E-state index contributed by atoms with van der Waals surface area (Å²) in [5.41, 5.74) is 2.76. The summed E-state index contributed by atoms with van der Waals surface area (Å²) in [5.74, 6) is -1.37. The predicted molar refractivity (Wildman–Crippen MR) is 188 cm³/mol. The van der Waals surface area contributed by atoms with Crippen LogP contribution in [0.5, 0.6) is 0 Å². The molecule has 0 amide bonds. The van der Waals surface area contributed by atoms with Crippen molar-refractivity contribution in [2.45, 2.75) is 104 Å². The van der Waals surface area contributed by atoms with Gasteiger partial charge in [0.25, 0.3) is 0 Å². The van der Waals surface area contributed by atoms with Gasteiger partial charge in [0.1, 0.15) is 30.1 Å². The number of esters is 1. The molecule has 0 saturated carbocycles. The lowest BCUT2D eigenvalue weighted by atomic mass is 9.86. The van der Waals surface area contributed by atoms with E-state index >= 15 is 0 Å². The molecule has 0 radical (unpaired) electrons. The summed E-state index contributed by atoms with van der Waals surface area (Å²) in [7, 11) is 1.22. The van der Waals surface area contributed by atoms with E-state index in [4.69, 9.17) is 4.74 Å². The molecule has 4 heterocycles. The van der Waals surface area contributed by atoms with Crippen LogP contribution in [0.3, 0.4) is 0 Å². The summed E-state index contributed by atoms with van der Waals surface area (Å²) in [4.78, 5) is 22.9.